The summed E-state index contributed by atoms with van der Waals surface area (Å²) in [5.74, 6) is -8.81. The number of phenols is 3. The Bertz CT molecular complexity index is 1970. The second kappa shape index (κ2) is 27.6. The first-order chi connectivity index (χ1) is 28.3. The molecular formula is C42H33O18U. The Kier molecular flexibility index (Phi) is 24.0. The first kappa shape index (κ1) is 53.0. The summed E-state index contributed by atoms with van der Waals surface area (Å²) in [6.45, 7) is 0. The van der Waals surface area contributed by atoms with Gasteiger partial charge in [-0.25, -0.2) is 28.8 Å². The Balaban J connectivity index is 0.000000706. The molecule has 313 valence electrons. The van der Waals surface area contributed by atoms with Crippen LogP contribution in [-0.2, 0) is 0 Å². The molecule has 0 heterocycles. The molecule has 0 bridgehead atoms. The Hall–Kier alpha value is -8.01. The Morgan fingerprint density at radius 3 is 0.541 bits per heavy atom. The van der Waals surface area contributed by atoms with E-state index < -0.39 is 53.1 Å². The predicted molar refractivity (Wildman–Crippen MR) is 204 cm³/mol. The third kappa shape index (κ3) is 19.3. The van der Waals surface area contributed by atoms with Crippen LogP contribution in [0.5, 0.6) is 34.5 Å². The van der Waals surface area contributed by atoms with Gasteiger partial charge in [0, 0.05) is 0 Å². The molecule has 9 N–H and O–H groups in total. The molecule has 0 spiro atoms. The molecule has 0 aliphatic rings. The van der Waals surface area contributed by atoms with Crippen molar-refractivity contribution >= 4 is 35.8 Å². The zero-order chi connectivity index (χ0) is 45.4. The second-order valence-corrected chi connectivity index (χ2v) is 10.9. The van der Waals surface area contributed by atoms with E-state index in [-0.39, 0.29) is 81.7 Å². The number of hydrogen-bond acceptors (Lipinski definition) is 12. The Labute approximate surface area is 368 Å². The minimum Gasteiger partial charge on any atom is -0.872 e. The van der Waals surface area contributed by atoms with E-state index in [1.54, 1.807) is 36.4 Å². The summed E-state index contributed by atoms with van der Waals surface area (Å²) in [7, 11) is 0. The molecule has 19 heteroatoms. The second-order valence-electron chi connectivity index (χ2n) is 10.9. The van der Waals surface area contributed by atoms with Crippen molar-refractivity contribution in [3.05, 3.63) is 179 Å². The Morgan fingerprint density at radius 2 is 0.426 bits per heavy atom. The maximum atomic E-state index is 10.7. The predicted octanol–water partition coefficient (Wildman–Crippen LogP) is 4.65. The van der Waals surface area contributed by atoms with Gasteiger partial charge in [-0.2, -0.15) is 0 Å². The topological polar surface area (TPSA) is 354 Å². The standard InChI is InChI=1S/6C7H6O3.U/c6*8-6-4-2-1-3-5(6)7(9)10;/h6*1-4,8H,(H,9,10);/q;;;;;;+3/p-3. The van der Waals surface area contributed by atoms with E-state index in [1.165, 1.54) is 109 Å². The Morgan fingerprint density at radius 1 is 0.279 bits per heavy atom. The van der Waals surface area contributed by atoms with Crippen molar-refractivity contribution in [2.75, 3.05) is 0 Å². The molecule has 6 aromatic rings. The van der Waals surface area contributed by atoms with Gasteiger partial charge in [0.1, 0.15) is 33.9 Å². The van der Waals surface area contributed by atoms with Crippen molar-refractivity contribution in [3.63, 3.8) is 0 Å². The minimum absolute atomic E-state index is 0. The van der Waals surface area contributed by atoms with E-state index in [9.17, 15) is 44.1 Å². The molecule has 0 atom stereocenters. The van der Waals surface area contributed by atoms with Gasteiger partial charge in [0.05, 0.1) is 16.7 Å². The molecule has 0 fully saturated rings. The van der Waals surface area contributed by atoms with Gasteiger partial charge in [0.25, 0.3) is 0 Å². The smallest absolute Gasteiger partial charge is 0.872 e. The van der Waals surface area contributed by atoms with Gasteiger partial charge >= 0.3 is 66.9 Å². The van der Waals surface area contributed by atoms with E-state index in [4.69, 9.17) is 46.0 Å². The third-order valence-electron chi connectivity index (χ3n) is 6.76. The molecule has 0 aliphatic heterocycles. The molecule has 18 nitrogen and oxygen atoms in total. The van der Waals surface area contributed by atoms with E-state index in [0.29, 0.717) is 0 Å². The summed E-state index contributed by atoms with van der Waals surface area (Å²) in [6.07, 6.45) is 0. The largest absolute Gasteiger partial charge is 3.00 e. The molecule has 0 saturated carbocycles. The van der Waals surface area contributed by atoms with Gasteiger partial charge in [-0.1, -0.05) is 108 Å². The van der Waals surface area contributed by atoms with Crippen LogP contribution in [0.4, 0.5) is 0 Å². The number of benzene rings is 6. The van der Waals surface area contributed by atoms with Crippen molar-refractivity contribution in [1.82, 2.24) is 0 Å². The third-order valence-corrected chi connectivity index (χ3v) is 6.76. The maximum absolute atomic E-state index is 10.7. The number of carboxylic acids is 6. The first-order valence-electron chi connectivity index (χ1n) is 16.3. The number of aromatic hydroxyl groups is 3. The number of para-hydroxylation sites is 6. The summed E-state index contributed by atoms with van der Waals surface area (Å²) in [4.78, 5) is 61.5. The molecule has 6 rings (SSSR count). The van der Waals surface area contributed by atoms with Crippen molar-refractivity contribution in [1.29, 1.82) is 0 Å². The number of hydrogen-bond donors (Lipinski definition) is 9. The molecule has 61 heavy (non-hydrogen) atoms. The first-order valence-corrected chi connectivity index (χ1v) is 16.3. The van der Waals surface area contributed by atoms with E-state index >= 15 is 0 Å². The minimum atomic E-state index is -1.18. The van der Waals surface area contributed by atoms with Crippen molar-refractivity contribution in [2.24, 2.45) is 0 Å². The van der Waals surface area contributed by atoms with Gasteiger partial charge in [-0.3, -0.25) is 0 Å². The zero-order valence-corrected chi connectivity index (χ0v) is 35.2. The van der Waals surface area contributed by atoms with Crippen LogP contribution in [0, 0.1) is 31.1 Å². The van der Waals surface area contributed by atoms with Crippen LogP contribution < -0.4 is 15.3 Å². The monoisotopic (exact) mass is 1060 g/mol. The normalized spacial score (nSPS) is 9.05. The van der Waals surface area contributed by atoms with Crippen molar-refractivity contribution < 1.29 is 121 Å². The fourth-order valence-electron chi connectivity index (χ4n) is 3.89. The zero-order valence-electron chi connectivity index (χ0n) is 31.1. The number of carbonyl (C=O) groups is 6. The molecule has 0 aromatic heterocycles. The van der Waals surface area contributed by atoms with Gasteiger partial charge in [-0.15, -0.1) is 0 Å². The van der Waals surface area contributed by atoms with Crippen LogP contribution in [-0.4, -0.2) is 81.8 Å². The van der Waals surface area contributed by atoms with Crippen LogP contribution in [0.25, 0.3) is 0 Å². The van der Waals surface area contributed by atoms with E-state index in [0.717, 1.165) is 0 Å². The van der Waals surface area contributed by atoms with Crippen LogP contribution in [0.2, 0.25) is 0 Å². The van der Waals surface area contributed by atoms with Gasteiger partial charge < -0.3 is 61.3 Å². The van der Waals surface area contributed by atoms with E-state index in [1.807, 2.05) is 0 Å². The molecule has 0 aliphatic carbocycles. The van der Waals surface area contributed by atoms with Crippen molar-refractivity contribution in [2.45, 2.75) is 0 Å². The van der Waals surface area contributed by atoms with Crippen molar-refractivity contribution in [3.8, 4) is 34.5 Å². The van der Waals surface area contributed by atoms with E-state index in [2.05, 4.69) is 0 Å². The molecule has 0 unspecified atom stereocenters. The summed E-state index contributed by atoms with van der Waals surface area (Å²) >= 11 is 0. The summed E-state index contributed by atoms with van der Waals surface area (Å²) < 4.78 is 0. The molecule has 1 radical (unpaired) electrons. The fourth-order valence-corrected chi connectivity index (χ4v) is 3.89. The average molecular weight is 1060 g/mol. The number of rotatable bonds is 6. The van der Waals surface area contributed by atoms with Crippen LogP contribution in [0.1, 0.15) is 62.1 Å². The summed E-state index contributed by atoms with van der Waals surface area (Å²) in [5, 5.41) is 109. The van der Waals surface area contributed by atoms with Gasteiger partial charge in [-0.05, 0) is 54.6 Å². The fraction of sp³-hybridized carbons (Fsp3) is 0. The number of aromatic carboxylic acids is 6. The maximum Gasteiger partial charge on any atom is 3.00 e. The average Bonchev–Trinajstić information content (AvgIpc) is 3.19. The van der Waals surface area contributed by atoms with Crippen LogP contribution >= 0.6 is 0 Å². The van der Waals surface area contributed by atoms with Crippen LogP contribution in [0.15, 0.2) is 146 Å². The SMILES string of the molecule is O=C(O)c1ccccc1O.O=C(O)c1ccccc1O.O=C(O)c1ccccc1O.O=C(O)c1ccccc1[O-].O=C(O)c1ccccc1[O-].O=C(O)c1ccccc1[O-].[U+3]. The summed E-state index contributed by atoms with van der Waals surface area (Å²) in [6, 6.07) is 34.0. The molecule has 0 saturated heterocycles. The molecule has 0 amide bonds. The van der Waals surface area contributed by atoms with Crippen LogP contribution in [0.3, 0.4) is 0 Å². The molecular weight excluding hydrogens is 1030 g/mol. The molecule has 6 aromatic carbocycles. The summed E-state index contributed by atoms with van der Waals surface area (Å²) in [5.41, 5.74) is -0.736. The van der Waals surface area contributed by atoms with Gasteiger partial charge in [0.15, 0.2) is 0 Å². The number of carboxylic acid groups (broad SMARTS) is 6. The quantitative estimate of drug-likeness (QED) is 0.110. The van der Waals surface area contributed by atoms with Gasteiger partial charge in [0.2, 0.25) is 0 Å².